The molecule has 0 unspecified atom stereocenters. The number of hydrogen-bond acceptors (Lipinski definition) is 4. The summed E-state index contributed by atoms with van der Waals surface area (Å²) < 4.78 is 11.4. The van der Waals surface area contributed by atoms with Gasteiger partial charge in [-0.1, -0.05) is 6.08 Å². The van der Waals surface area contributed by atoms with Crippen molar-refractivity contribution in [2.75, 3.05) is 26.4 Å². The fourth-order valence-corrected chi connectivity index (χ4v) is 3.15. The zero-order valence-electron chi connectivity index (χ0n) is 12.4. The van der Waals surface area contributed by atoms with E-state index >= 15 is 0 Å². The molecule has 2 aliphatic rings. The Labute approximate surface area is 120 Å². The molecule has 0 aromatic heterocycles. The molecule has 1 amide bonds. The van der Waals surface area contributed by atoms with Gasteiger partial charge in [0.2, 0.25) is 0 Å². The number of morpholine rings is 1. The number of rotatable bonds is 5. The third kappa shape index (κ3) is 3.22. The Balaban J connectivity index is 2.00. The largest absolute Gasteiger partial charge is 0.381 e. The summed E-state index contributed by atoms with van der Waals surface area (Å²) in [7, 11) is 0. The van der Waals surface area contributed by atoms with Crippen molar-refractivity contribution < 1.29 is 19.4 Å². The molecule has 5 heteroatoms. The molecule has 2 rings (SSSR count). The maximum Gasteiger partial charge on any atom is 0.254 e. The zero-order valence-corrected chi connectivity index (χ0v) is 12.4. The number of fused-ring (bicyclic) bond motifs is 1. The van der Waals surface area contributed by atoms with Crippen molar-refractivity contribution in [2.24, 2.45) is 5.92 Å². The zero-order chi connectivity index (χ0) is 14.8. The molecule has 1 saturated heterocycles. The second kappa shape index (κ2) is 6.24. The highest BCUT2D eigenvalue weighted by Crippen LogP contribution is 2.35. The van der Waals surface area contributed by atoms with Crippen molar-refractivity contribution >= 4 is 5.91 Å². The smallest absolute Gasteiger partial charge is 0.254 e. The Hall–Kier alpha value is -0.910. The third-order valence-corrected chi connectivity index (χ3v) is 4.07. The van der Waals surface area contributed by atoms with Gasteiger partial charge in [0.05, 0.1) is 32.0 Å². The lowest BCUT2D eigenvalue weighted by Crippen LogP contribution is -2.57. The summed E-state index contributed by atoms with van der Waals surface area (Å²) >= 11 is 0. The molecule has 1 saturated carbocycles. The van der Waals surface area contributed by atoms with Crippen LogP contribution in [0.3, 0.4) is 0 Å². The standard InChI is InChI=1S/C15H25NO4/c1-4-8-19-10-11-5-6-12-13(11)20-9-7-16(12)14(17)15(2,3)18/h4,11-13,18H,1,5-10H2,2-3H3/t11-,12+,13+/m0/s1. The average Bonchev–Trinajstić information content (AvgIpc) is 2.80. The quantitative estimate of drug-likeness (QED) is 0.603. The van der Waals surface area contributed by atoms with Gasteiger partial charge in [-0.25, -0.2) is 0 Å². The first-order valence-corrected chi connectivity index (χ1v) is 7.29. The Kier molecular flexibility index (Phi) is 4.83. The molecule has 0 bridgehead atoms. The number of amides is 1. The summed E-state index contributed by atoms with van der Waals surface area (Å²) in [6, 6.07) is 0.0695. The number of aliphatic hydroxyl groups is 1. The maximum absolute atomic E-state index is 12.3. The van der Waals surface area contributed by atoms with Crippen molar-refractivity contribution in [3.05, 3.63) is 12.7 Å². The lowest BCUT2D eigenvalue weighted by molar-refractivity contribution is -0.162. The van der Waals surface area contributed by atoms with Gasteiger partial charge in [0.15, 0.2) is 0 Å². The second-order valence-electron chi connectivity index (χ2n) is 6.12. The molecule has 1 aliphatic heterocycles. The predicted octanol–water partition coefficient (Wildman–Crippen LogP) is 0.966. The lowest BCUT2D eigenvalue weighted by atomic mass is 10.0. The Morgan fingerprint density at radius 2 is 2.30 bits per heavy atom. The van der Waals surface area contributed by atoms with Crippen LogP contribution in [-0.4, -0.2) is 60.0 Å². The molecular weight excluding hydrogens is 258 g/mol. The van der Waals surface area contributed by atoms with Crippen molar-refractivity contribution in [3.8, 4) is 0 Å². The van der Waals surface area contributed by atoms with Crippen LogP contribution in [0.5, 0.6) is 0 Å². The van der Waals surface area contributed by atoms with Crippen LogP contribution in [0.15, 0.2) is 12.7 Å². The van der Waals surface area contributed by atoms with Crippen LogP contribution in [0.4, 0.5) is 0 Å². The van der Waals surface area contributed by atoms with E-state index in [1.54, 1.807) is 24.8 Å². The lowest BCUT2D eigenvalue weighted by Gasteiger charge is -2.41. The van der Waals surface area contributed by atoms with Crippen LogP contribution >= 0.6 is 0 Å². The predicted molar refractivity (Wildman–Crippen MR) is 75.3 cm³/mol. The topological polar surface area (TPSA) is 59.0 Å². The summed E-state index contributed by atoms with van der Waals surface area (Å²) in [5.41, 5.74) is -1.32. The Morgan fingerprint density at radius 3 is 2.95 bits per heavy atom. The highest BCUT2D eigenvalue weighted by Gasteiger charge is 2.46. The third-order valence-electron chi connectivity index (χ3n) is 4.07. The van der Waals surface area contributed by atoms with E-state index in [2.05, 4.69) is 6.58 Å². The first-order chi connectivity index (χ1) is 9.45. The van der Waals surface area contributed by atoms with Crippen molar-refractivity contribution in [2.45, 2.75) is 44.4 Å². The van der Waals surface area contributed by atoms with Gasteiger partial charge in [-0.3, -0.25) is 4.79 Å². The molecule has 1 aliphatic carbocycles. The number of ether oxygens (including phenoxy) is 2. The molecule has 0 spiro atoms. The van der Waals surface area contributed by atoms with Gasteiger partial charge in [0, 0.05) is 12.5 Å². The molecular formula is C15H25NO4. The van der Waals surface area contributed by atoms with E-state index in [1.807, 2.05) is 0 Å². The number of nitrogens with zero attached hydrogens (tertiary/aromatic N) is 1. The molecule has 1 heterocycles. The van der Waals surface area contributed by atoms with Gasteiger partial charge in [0.1, 0.15) is 5.60 Å². The van der Waals surface area contributed by atoms with E-state index < -0.39 is 5.60 Å². The van der Waals surface area contributed by atoms with E-state index in [0.29, 0.717) is 32.3 Å². The van der Waals surface area contributed by atoms with E-state index in [9.17, 15) is 9.90 Å². The van der Waals surface area contributed by atoms with Crippen LogP contribution < -0.4 is 0 Å². The van der Waals surface area contributed by atoms with E-state index in [0.717, 1.165) is 12.8 Å². The highest BCUT2D eigenvalue weighted by molar-refractivity contribution is 5.84. The van der Waals surface area contributed by atoms with Gasteiger partial charge in [-0.05, 0) is 26.7 Å². The van der Waals surface area contributed by atoms with E-state index in [-0.39, 0.29) is 18.1 Å². The molecule has 0 aromatic carbocycles. The van der Waals surface area contributed by atoms with E-state index in [1.165, 1.54) is 0 Å². The normalized spacial score (nSPS) is 30.1. The minimum atomic E-state index is -1.32. The Morgan fingerprint density at radius 1 is 1.55 bits per heavy atom. The fraction of sp³-hybridized carbons (Fsp3) is 0.800. The molecule has 114 valence electrons. The van der Waals surface area contributed by atoms with Crippen LogP contribution in [0.25, 0.3) is 0 Å². The average molecular weight is 283 g/mol. The first kappa shape index (κ1) is 15.5. The van der Waals surface area contributed by atoms with Gasteiger partial charge in [-0.2, -0.15) is 0 Å². The molecule has 5 nitrogen and oxygen atoms in total. The summed E-state index contributed by atoms with van der Waals surface area (Å²) in [6.07, 6.45) is 3.66. The summed E-state index contributed by atoms with van der Waals surface area (Å²) in [4.78, 5) is 14.1. The minimum Gasteiger partial charge on any atom is -0.381 e. The van der Waals surface area contributed by atoms with Gasteiger partial charge in [0.25, 0.3) is 5.91 Å². The molecule has 2 fully saturated rings. The number of carbonyl (C=O) groups is 1. The van der Waals surface area contributed by atoms with Gasteiger partial charge in [-0.15, -0.1) is 6.58 Å². The Bertz CT molecular complexity index is 363. The molecule has 1 N–H and O–H groups in total. The fourth-order valence-electron chi connectivity index (χ4n) is 3.15. The SMILES string of the molecule is C=CCOC[C@@H]1CC[C@@H]2[C@@H]1OCCN2C(=O)C(C)(C)O. The van der Waals surface area contributed by atoms with Crippen LogP contribution in [0.2, 0.25) is 0 Å². The minimum absolute atomic E-state index is 0.0277. The monoisotopic (exact) mass is 283 g/mol. The number of hydrogen-bond donors (Lipinski definition) is 1. The highest BCUT2D eigenvalue weighted by atomic mass is 16.5. The maximum atomic E-state index is 12.3. The van der Waals surface area contributed by atoms with Crippen LogP contribution in [0.1, 0.15) is 26.7 Å². The van der Waals surface area contributed by atoms with Crippen LogP contribution in [0, 0.1) is 5.92 Å². The van der Waals surface area contributed by atoms with Crippen molar-refractivity contribution in [1.82, 2.24) is 4.90 Å². The number of carbonyl (C=O) groups excluding carboxylic acids is 1. The summed E-state index contributed by atoms with van der Waals surface area (Å²) in [5.74, 6) is 0.112. The summed E-state index contributed by atoms with van der Waals surface area (Å²) in [5, 5.41) is 9.93. The van der Waals surface area contributed by atoms with Gasteiger partial charge < -0.3 is 19.5 Å². The van der Waals surface area contributed by atoms with Crippen LogP contribution in [-0.2, 0) is 14.3 Å². The van der Waals surface area contributed by atoms with Crippen molar-refractivity contribution in [3.63, 3.8) is 0 Å². The first-order valence-electron chi connectivity index (χ1n) is 7.29. The van der Waals surface area contributed by atoms with E-state index in [4.69, 9.17) is 9.47 Å². The molecule has 3 atom stereocenters. The molecule has 20 heavy (non-hydrogen) atoms. The second-order valence-corrected chi connectivity index (χ2v) is 6.12. The molecule has 0 aromatic rings. The summed E-state index contributed by atoms with van der Waals surface area (Å²) in [6.45, 7) is 8.98. The van der Waals surface area contributed by atoms with Crippen molar-refractivity contribution in [1.29, 1.82) is 0 Å². The van der Waals surface area contributed by atoms with Gasteiger partial charge >= 0.3 is 0 Å². The molecule has 0 radical (unpaired) electrons.